The van der Waals surface area contributed by atoms with Gasteiger partial charge in [-0.1, -0.05) is 70.2 Å². The number of thioether (sulfide) groups is 1. The molecule has 0 amide bonds. The molecule has 1 unspecified atom stereocenters. The van der Waals surface area contributed by atoms with Crippen LogP contribution < -0.4 is 31.9 Å². The first kappa shape index (κ1) is 64.6. The van der Waals surface area contributed by atoms with Crippen LogP contribution in [0.3, 0.4) is 0 Å². The van der Waals surface area contributed by atoms with Crippen LogP contribution in [-0.2, 0) is 9.47 Å². The van der Waals surface area contributed by atoms with E-state index in [1.807, 2.05) is 25.1 Å². The second-order valence-electron chi connectivity index (χ2n) is 21.0. The van der Waals surface area contributed by atoms with Crippen molar-refractivity contribution in [3.05, 3.63) is 124 Å². The summed E-state index contributed by atoms with van der Waals surface area (Å²) in [4.78, 5) is 73.7. The Kier molecular flexibility index (Phi) is 23.8. The van der Waals surface area contributed by atoms with Crippen LogP contribution in [0.4, 0.5) is 33.7 Å². The van der Waals surface area contributed by atoms with Crippen molar-refractivity contribution >= 4 is 150 Å². The van der Waals surface area contributed by atoms with Gasteiger partial charge in [0.2, 0.25) is 5.78 Å². The summed E-state index contributed by atoms with van der Waals surface area (Å²) in [6, 6.07) is 32.3. The fourth-order valence-corrected chi connectivity index (χ4v) is 13.1. The van der Waals surface area contributed by atoms with Crippen LogP contribution in [0.2, 0.25) is 0 Å². The van der Waals surface area contributed by atoms with Gasteiger partial charge in [-0.3, -0.25) is 9.59 Å². The summed E-state index contributed by atoms with van der Waals surface area (Å²) in [5.74, 6) is 0.0512. The lowest BCUT2D eigenvalue weighted by Gasteiger charge is -2.37. The minimum absolute atomic E-state index is 0. The molecule has 4 aliphatic rings. The molecule has 452 valence electrons. The number of nitrogen functional groups attached to an aromatic ring is 1. The van der Waals surface area contributed by atoms with Crippen molar-refractivity contribution in [2.24, 2.45) is 10.7 Å². The first-order valence-corrected chi connectivity index (χ1v) is 32.4. The minimum Gasteiger partial charge on any atom is -0.461 e. The first-order valence-electron chi connectivity index (χ1n) is 29.0. The number of H-pyrrole nitrogens is 2. The number of aliphatic imine (C=N–C) groups is 1. The predicted molar refractivity (Wildman–Crippen MR) is 362 cm³/mol. The van der Waals surface area contributed by atoms with E-state index in [1.165, 1.54) is 112 Å². The number of aromatic nitrogens is 3. The third-order valence-electron chi connectivity index (χ3n) is 15.5. The predicted octanol–water partition coefficient (Wildman–Crippen LogP) is 11.9. The Morgan fingerprint density at radius 2 is 1.16 bits per heavy atom. The quantitative estimate of drug-likeness (QED) is 0.0100. The molecule has 0 spiro atoms. The largest absolute Gasteiger partial charge is 0.461 e. The molecule has 3 aromatic heterocycles. The van der Waals surface area contributed by atoms with Crippen LogP contribution in [0.25, 0.3) is 21.8 Å². The number of benzene rings is 4. The number of carbonyl (C=O) groups is 4. The average Bonchev–Trinajstić information content (AvgIpc) is 4.59. The summed E-state index contributed by atoms with van der Waals surface area (Å²) < 4.78 is 9.97. The fourth-order valence-electron chi connectivity index (χ4n) is 11.2. The Balaban J connectivity index is 0.000000180. The number of thiocarbonyl (C=S) groups is 1. The normalized spacial score (nSPS) is 16.0. The third-order valence-corrected chi connectivity index (χ3v) is 17.9. The van der Waals surface area contributed by atoms with E-state index in [9.17, 15) is 19.2 Å². The van der Waals surface area contributed by atoms with Crippen molar-refractivity contribution in [3.8, 4) is 0 Å². The summed E-state index contributed by atoms with van der Waals surface area (Å²) in [6.07, 6.45) is 10.4. The number of ketones is 2. The van der Waals surface area contributed by atoms with Crippen molar-refractivity contribution in [1.82, 2.24) is 24.8 Å². The van der Waals surface area contributed by atoms with E-state index in [0.29, 0.717) is 61.5 Å². The van der Waals surface area contributed by atoms with Gasteiger partial charge in [0.25, 0.3) is 0 Å². The number of nitrogens with two attached hydrogens (primary N) is 2. The van der Waals surface area contributed by atoms with Crippen LogP contribution in [0.15, 0.2) is 102 Å². The first-order chi connectivity index (χ1) is 40.8. The SMILES string of the molecule is CCOC(=O)c1cc2ccc(C(=O)CBr)cc2[nH]1.CCOC(=O)c1cc2ccc(C(=O)c3sc(Nc4ccc(N5CCC(N6CCCC6)CC5)cc4)nc3N)cc2[nH]1.CCSC(N)=NC(=S)Nc1ccc(N2CCC(N3CCCC3)CC2)cc1.P. The van der Waals surface area contributed by atoms with E-state index in [1.54, 1.807) is 56.3 Å². The molecule has 4 aliphatic heterocycles. The number of piperidine rings is 2. The summed E-state index contributed by atoms with van der Waals surface area (Å²) in [7, 11) is 0. The zero-order valence-corrected chi connectivity index (χ0v) is 54.1. The van der Waals surface area contributed by atoms with E-state index in [4.69, 9.17) is 33.2 Å². The lowest BCUT2D eigenvalue weighted by atomic mass is 10.0. The van der Waals surface area contributed by atoms with Crippen LogP contribution in [0, 0.1) is 0 Å². The van der Waals surface area contributed by atoms with Crippen LogP contribution in [-0.4, -0.2) is 147 Å². The summed E-state index contributed by atoms with van der Waals surface area (Å²) in [6.45, 7) is 15.8. The maximum atomic E-state index is 13.3. The van der Waals surface area contributed by atoms with Crippen LogP contribution >= 0.6 is 61.1 Å². The fraction of sp³-hybridized carbons (Fsp3) is 0.403. The molecule has 0 saturated carbocycles. The Hall–Kier alpha value is -6.39. The number of halogens is 1. The molecule has 0 radical (unpaired) electrons. The molecule has 0 bridgehead atoms. The summed E-state index contributed by atoms with van der Waals surface area (Å²) in [5.41, 5.74) is 19.6. The number of likely N-dealkylation sites (tertiary alicyclic amines) is 2. The van der Waals surface area contributed by atoms with Gasteiger partial charge in [0.1, 0.15) is 22.1 Å². The second kappa shape index (κ2) is 31.3. The van der Waals surface area contributed by atoms with Gasteiger partial charge in [-0.15, -0.1) is 0 Å². The number of carbonyl (C=O) groups excluding carboxylic acids is 4. The third kappa shape index (κ3) is 17.2. The topological polar surface area (TPSA) is 233 Å². The lowest BCUT2D eigenvalue weighted by Crippen LogP contribution is -2.43. The molecule has 11 rings (SSSR count). The molecule has 23 heteroatoms. The van der Waals surface area contributed by atoms with Gasteiger partial charge in [0, 0.05) is 93.9 Å². The van der Waals surface area contributed by atoms with Gasteiger partial charge in [-0.25, -0.2) is 14.6 Å². The molecular weight excluding hydrogens is 1220 g/mol. The Labute approximate surface area is 522 Å². The van der Waals surface area contributed by atoms with Crippen molar-refractivity contribution < 1.29 is 28.7 Å². The molecular formula is C62H78BrN12O6PS3. The zero-order valence-electron chi connectivity index (χ0n) is 48.6. The number of hydrogen-bond donors (Lipinski definition) is 6. The van der Waals surface area contributed by atoms with Gasteiger partial charge >= 0.3 is 11.9 Å². The molecule has 85 heavy (non-hydrogen) atoms. The zero-order chi connectivity index (χ0) is 59.1. The number of fused-ring (bicyclic) bond motifs is 2. The Bertz CT molecular complexity index is 3420. The number of hydrogen-bond acceptors (Lipinski definition) is 16. The van der Waals surface area contributed by atoms with Crippen molar-refractivity contribution in [2.75, 3.05) is 103 Å². The van der Waals surface area contributed by atoms with Gasteiger partial charge < -0.3 is 61.1 Å². The highest BCUT2D eigenvalue weighted by molar-refractivity contribution is 9.09. The molecule has 4 saturated heterocycles. The number of nitrogens with zero attached hydrogens (tertiary/aromatic N) is 6. The van der Waals surface area contributed by atoms with Crippen LogP contribution in [0.5, 0.6) is 0 Å². The molecule has 7 aromatic rings. The van der Waals surface area contributed by atoms with Gasteiger partial charge in [0.15, 0.2) is 21.2 Å². The van der Waals surface area contributed by atoms with E-state index in [2.05, 4.69) is 103 Å². The smallest absolute Gasteiger partial charge is 0.354 e. The number of amidine groups is 1. The molecule has 1 atom stereocenters. The number of aromatic amines is 2. The van der Waals surface area contributed by atoms with E-state index in [-0.39, 0.29) is 38.6 Å². The van der Waals surface area contributed by atoms with Crippen molar-refractivity contribution in [3.63, 3.8) is 0 Å². The molecule has 7 heterocycles. The Morgan fingerprint density at radius 1 is 0.694 bits per heavy atom. The van der Waals surface area contributed by atoms with Crippen molar-refractivity contribution in [2.45, 2.75) is 84.2 Å². The van der Waals surface area contributed by atoms with Crippen molar-refractivity contribution in [1.29, 1.82) is 0 Å². The van der Waals surface area contributed by atoms with Gasteiger partial charge in [0.05, 0.1) is 18.5 Å². The number of nitrogens with one attached hydrogen (secondary N) is 4. The standard InChI is InChI=1S/C30H34N6O3S.C19H29N5S2.C13H12BrNO3.H3P/c1-2-39-29(38)25-17-19-5-6-20(18-24(19)33-25)26(37)27-28(31)34-30(40-27)32-21-7-9-22(10-8-21)36-15-11-23(12-16-36)35-13-3-4-14-35;1-2-26-18(20)22-19(25)21-15-5-7-16(8-6-15)24-13-9-17(10-14-24)23-11-3-4-12-23;1-2-18-13(17)11-5-8-3-4-9(12(16)7-14)6-10(8)15-11;/h5-10,17-18,23,33H,2-4,11-16,31H2,1H3,(H,32,34);5-8,17H,2-4,9-14H2,1H3,(H3,20,21,22,25);3-6,15H,2,7H2,1H3;1H3. The number of alkyl halides is 1. The number of esters is 2. The number of thiazole rings is 1. The molecule has 0 aliphatic carbocycles. The Morgan fingerprint density at radius 3 is 1.64 bits per heavy atom. The summed E-state index contributed by atoms with van der Waals surface area (Å²) >= 11 is 11.1. The van der Waals surface area contributed by atoms with Gasteiger partial charge in [-0.2, -0.15) is 14.9 Å². The highest BCUT2D eigenvalue weighted by Gasteiger charge is 2.28. The highest BCUT2D eigenvalue weighted by Crippen LogP contribution is 2.33. The summed E-state index contributed by atoms with van der Waals surface area (Å²) in [5, 5.41) is 9.87. The van der Waals surface area contributed by atoms with E-state index < -0.39 is 5.97 Å². The number of anilines is 6. The number of ether oxygens (including phenoxy) is 2. The lowest BCUT2D eigenvalue weighted by molar-refractivity contribution is 0.0511. The monoisotopic (exact) mass is 1290 g/mol. The van der Waals surface area contributed by atoms with Crippen LogP contribution in [0.1, 0.15) is 119 Å². The van der Waals surface area contributed by atoms with Gasteiger partial charge in [-0.05, 0) is 182 Å². The maximum Gasteiger partial charge on any atom is 0.354 e. The molecule has 4 aromatic carbocycles. The van der Waals surface area contributed by atoms with E-state index >= 15 is 0 Å². The molecule has 4 fully saturated rings. The molecule has 18 nitrogen and oxygen atoms in total. The highest BCUT2D eigenvalue weighted by atomic mass is 79.9. The second-order valence-corrected chi connectivity index (χ2v) is 24.2. The molecule has 8 N–H and O–H groups in total. The number of rotatable bonds is 16. The average molecular weight is 1290 g/mol. The minimum atomic E-state index is -0.427. The van der Waals surface area contributed by atoms with E-state index in [0.717, 1.165) is 71.7 Å². The number of Topliss-reactive ketones (excluding diaryl/α,β-unsaturated/α-hetero) is 1. The maximum absolute atomic E-state index is 13.3.